The van der Waals surface area contributed by atoms with Crippen LogP contribution in [0.3, 0.4) is 0 Å². The molecule has 166 valence electrons. The molecular weight excluding hydrogens is 443 g/mol. The lowest BCUT2D eigenvalue weighted by Crippen LogP contribution is -2.20. The molecule has 0 aliphatic carbocycles. The molecule has 1 heterocycles. The molecule has 2 amide bonds. The van der Waals surface area contributed by atoms with Gasteiger partial charge in [-0.25, -0.2) is 4.79 Å². The molecule has 0 aliphatic heterocycles. The zero-order chi connectivity index (χ0) is 23.1. The van der Waals surface area contributed by atoms with Gasteiger partial charge in [0.05, 0.1) is 16.3 Å². The van der Waals surface area contributed by atoms with E-state index < -0.39 is 17.8 Å². The van der Waals surface area contributed by atoms with Crippen LogP contribution in [0.2, 0.25) is 5.02 Å². The summed E-state index contributed by atoms with van der Waals surface area (Å²) < 4.78 is 38.5. The summed E-state index contributed by atoms with van der Waals surface area (Å²) in [6, 6.07) is 12.3. The number of halogens is 4. The fourth-order valence-corrected chi connectivity index (χ4v) is 3.10. The normalized spacial score (nSPS) is 11.1. The topological polar surface area (TPSA) is 71.1 Å². The molecule has 0 saturated carbocycles. The molecule has 0 radical (unpaired) electrons. The quantitative estimate of drug-likeness (QED) is 0.444. The van der Waals surface area contributed by atoms with Gasteiger partial charge in [-0.1, -0.05) is 29.8 Å². The van der Waals surface area contributed by atoms with Crippen molar-refractivity contribution in [2.75, 3.05) is 10.6 Å². The number of nitrogens with zero attached hydrogens (tertiary/aromatic N) is 1. The minimum absolute atomic E-state index is 0.0201. The molecule has 32 heavy (non-hydrogen) atoms. The van der Waals surface area contributed by atoms with Gasteiger partial charge in [0.2, 0.25) is 0 Å². The highest BCUT2D eigenvalue weighted by atomic mass is 35.5. The summed E-state index contributed by atoms with van der Waals surface area (Å²) >= 11 is 5.88. The standard InChI is InChI=1S/C23H19ClF3N3O2/c24-20-10-6-17(23(25,26)27)13-21(20)30-22(32)29-18-7-3-15(4-8-18)12-19(31)9-5-16-2-1-11-28-14-16/h1-4,6-8,10-11,13-14H,5,9,12H2,(H2,29,30,32). The van der Waals surface area contributed by atoms with Gasteiger partial charge in [0.1, 0.15) is 5.78 Å². The third-order valence-corrected chi connectivity index (χ3v) is 4.90. The van der Waals surface area contributed by atoms with Crippen LogP contribution in [0, 0.1) is 0 Å². The van der Waals surface area contributed by atoms with E-state index in [0.717, 1.165) is 29.3 Å². The minimum atomic E-state index is -4.55. The second-order valence-corrected chi connectivity index (χ2v) is 7.45. The third-order valence-electron chi connectivity index (χ3n) is 4.57. The number of nitrogens with one attached hydrogen (secondary N) is 2. The van der Waals surface area contributed by atoms with E-state index in [1.54, 1.807) is 36.7 Å². The number of urea groups is 1. The van der Waals surface area contributed by atoms with Crippen molar-refractivity contribution in [2.24, 2.45) is 0 Å². The number of amides is 2. The maximum absolute atomic E-state index is 12.8. The number of ketones is 1. The minimum Gasteiger partial charge on any atom is -0.308 e. The average molecular weight is 462 g/mol. The summed E-state index contributed by atoms with van der Waals surface area (Å²) in [6.07, 6.45) is 0.118. The predicted molar refractivity (Wildman–Crippen MR) is 117 cm³/mol. The van der Waals surface area contributed by atoms with E-state index in [9.17, 15) is 22.8 Å². The van der Waals surface area contributed by atoms with Crippen molar-refractivity contribution in [2.45, 2.75) is 25.4 Å². The summed E-state index contributed by atoms with van der Waals surface area (Å²) in [5.41, 5.74) is 1.11. The molecule has 3 aromatic rings. The third kappa shape index (κ3) is 6.81. The Morgan fingerprint density at radius 2 is 1.72 bits per heavy atom. The molecule has 3 rings (SSSR count). The van der Waals surface area contributed by atoms with Gasteiger partial charge in [0.25, 0.3) is 0 Å². The summed E-state index contributed by atoms with van der Waals surface area (Å²) in [7, 11) is 0. The zero-order valence-corrected chi connectivity index (χ0v) is 17.5. The Bertz CT molecular complexity index is 1090. The molecule has 5 nitrogen and oxygen atoms in total. The van der Waals surface area contributed by atoms with Gasteiger partial charge in [-0.2, -0.15) is 13.2 Å². The number of aryl methyl sites for hydroxylation is 1. The van der Waals surface area contributed by atoms with E-state index in [2.05, 4.69) is 15.6 Å². The molecule has 0 unspecified atom stereocenters. The number of pyridine rings is 1. The number of anilines is 2. The van der Waals surface area contributed by atoms with Crippen LogP contribution in [0.4, 0.5) is 29.3 Å². The molecule has 0 bridgehead atoms. The van der Waals surface area contributed by atoms with Crippen LogP contribution < -0.4 is 10.6 Å². The van der Waals surface area contributed by atoms with E-state index in [0.29, 0.717) is 18.5 Å². The molecule has 1 aromatic heterocycles. The van der Waals surface area contributed by atoms with Crippen molar-refractivity contribution in [3.63, 3.8) is 0 Å². The van der Waals surface area contributed by atoms with Crippen LogP contribution in [-0.2, 0) is 23.8 Å². The predicted octanol–water partition coefficient (Wildman–Crippen LogP) is 6.14. The first-order chi connectivity index (χ1) is 15.2. The van der Waals surface area contributed by atoms with E-state index >= 15 is 0 Å². The van der Waals surface area contributed by atoms with Crippen molar-refractivity contribution in [1.82, 2.24) is 4.98 Å². The number of carbonyl (C=O) groups is 2. The van der Waals surface area contributed by atoms with Gasteiger partial charge in [-0.05, 0) is 53.9 Å². The molecular formula is C23H19ClF3N3O2. The highest BCUT2D eigenvalue weighted by Gasteiger charge is 2.31. The molecule has 9 heteroatoms. The molecule has 0 atom stereocenters. The highest BCUT2D eigenvalue weighted by molar-refractivity contribution is 6.33. The summed E-state index contributed by atoms with van der Waals surface area (Å²) in [4.78, 5) is 28.4. The first-order valence-corrected chi connectivity index (χ1v) is 10.0. The fourth-order valence-electron chi connectivity index (χ4n) is 2.93. The van der Waals surface area contributed by atoms with E-state index in [4.69, 9.17) is 11.6 Å². The maximum atomic E-state index is 12.8. The van der Waals surface area contributed by atoms with Crippen LogP contribution >= 0.6 is 11.6 Å². The van der Waals surface area contributed by atoms with Crippen molar-refractivity contribution < 1.29 is 22.8 Å². The summed E-state index contributed by atoms with van der Waals surface area (Å²) in [6.45, 7) is 0. The van der Waals surface area contributed by atoms with Gasteiger partial charge in [0.15, 0.2) is 0 Å². The van der Waals surface area contributed by atoms with Gasteiger partial charge in [0, 0.05) is 30.9 Å². The number of carbonyl (C=O) groups excluding carboxylic acids is 2. The Labute approximate surface area is 187 Å². The SMILES string of the molecule is O=C(CCc1cccnc1)Cc1ccc(NC(=O)Nc2cc(C(F)(F)F)ccc2Cl)cc1. The molecule has 2 aromatic carbocycles. The van der Waals surface area contributed by atoms with E-state index in [1.165, 1.54) is 0 Å². The van der Waals surface area contributed by atoms with Gasteiger partial charge in [-0.3, -0.25) is 9.78 Å². The van der Waals surface area contributed by atoms with Gasteiger partial charge >= 0.3 is 12.2 Å². The number of Topliss-reactive ketones (excluding diaryl/α,β-unsaturated/α-hetero) is 1. The molecule has 0 fully saturated rings. The smallest absolute Gasteiger partial charge is 0.308 e. The average Bonchev–Trinajstić information content (AvgIpc) is 2.75. The number of benzene rings is 2. The summed E-state index contributed by atoms with van der Waals surface area (Å²) in [5.74, 6) is 0.0755. The van der Waals surface area contributed by atoms with E-state index in [1.807, 2.05) is 12.1 Å². The van der Waals surface area contributed by atoms with Crippen molar-refractivity contribution in [3.05, 3.63) is 88.7 Å². The second kappa shape index (κ2) is 10.3. The largest absolute Gasteiger partial charge is 0.416 e. The number of aromatic nitrogens is 1. The van der Waals surface area contributed by atoms with Crippen LogP contribution in [-0.4, -0.2) is 16.8 Å². The number of alkyl halides is 3. The molecule has 0 saturated heterocycles. The van der Waals surface area contributed by atoms with Gasteiger partial charge in [-0.15, -0.1) is 0 Å². The van der Waals surface area contributed by atoms with Crippen LogP contribution in [0.5, 0.6) is 0 Å². The second-order valence-electron chi connectivity index (χ2n) is 7.05. The Kier molecular flexibility index (Phi) is 7.48. The number of hydrogen-bond acceptors (Lipinski definition) is 3. The molecule has 2 N–H and O–H groups in total. The Morgan fingerprint density at radius 1 is 0.969 bits per heavy atom. The monoisotopic (exact) mass is 461 g/mol. The van der Waals surface area contributed by atoms with Crippen molar-refractivity contribution in [3.8, 4) is 0 Å². The lowest BCUT2D eigenvalue weighted by molar-refractivity contribution is -0.137. The highest BCUT2D eigenvalue weighted by Crippen LogP contribution is 2.33. The van der Waals surface area contributed by atoms with Gasteiger partial charge < -0.3 is 10.6 Å². The lowest BCUT2D eigenvalue weighted by Gasteiger charge is -2.12. The zero-order valence-electron chi connectivity index (χ0n) is 16.7. The Morgan fingerprint density at radius 3 is 2.38 bits per heavy atom. The maximum Gasteiger partial charge on any atom is 0.416 e. The lowest BCUT2D eigenvalue weighted by atomic mass is 10.0. The van der Waals surface area contributed by atoms with Crippen LogP contribution in [0.25, 0.3) is 0 Å². The van der Waals surface area contributed by atoms with E-state index in [-0.39, 0.29) is 22.9 Å². The van der Waals surface area contributed by atoms with Crippen LogP contribution in [0.15, 0.2) is 67.0 Å². The number of hydrogen-bond donors (Lipinski definition) is 2. The molecule has 0 spiro atoms. The fraction of sp³-hybridized carbons (Fsp3) is 0.174. The first-order valence-electron chi connectivity index (χ1n) is 9.65. The summed E-state index contributed by atoms with van der Waals surface area (Å²) in [5, 5.41) is 4.81. The Balaban J connectivity index is 1.53. The Hall–Kier alpha value is -3.39. The van der Waals surface area contributed by atoms with Crippen molar-refractivity contribution in [1.29, 1.82) is 0 Å². The van der Waals surface area contributed by atoms with Crippen molar-refractivity contribution >= 4 is 34.8 Å². The number of rotatable bonds is 7. The first kappa shape index (κ1) is 23.3. The van der Waals surface area contributed by atoms with Crippen LogP contribution in [0.1, 0.15) is 23.1 Å². The molecule has 0 aliphatic rings.